The predicted octanol–water partition coefficient (Wildman–Crippen LogP) is 3.41. The van der Waals surface area contributed by atoms with E-state index >= 15 is 0 Å². The number of hydrogen-bond acceptors (Lipinski definition) is 7. The first-order chi connectivity index (χ1) is 13.2. The number of hydrogen-bond donors (Lipinski definition) is 0. The number of thiophene rings is 1. The molecule has 3 rings (SSSR count). The average Bonchev–Trinajstić information content (AvgIpc) is 3.42. The maximum absolute atomic E-state index is 8.89. The zero-order valence-electron chi connectivity index (χ0n) is 15.1. The normalized spacial score (nSPS) is 16.5. The summed E-state index contributed by atoms with van der Waals surface area (Å²) in [6, 6.07) is 8.37. The van der Waals surface area contributed by atoms with Crippen LogP contribution in [0.2, 0.25) is 0 Å². The van der Waals surface area contributed by atoms with E-state index in [9.17, 15) is 0 Å². The smallest absolute Gasteiger partial charge is 0.199 e. The topological polar surface area (TPSA) is 82.8 Å². The van der Waals surface area contributed by atoms with Gasteiger partial charge in [0.1, 0.15) is 0 Å². The van der Waals surface area contributed by atoms with Gasteiger partial charge in [-0.05, 0) is 36.5 Å². The molecule has 0 N–H and O–H groups in total. The second-order valence-corrected chi connectivity index (χ2v) is 7.72. The molecule has 0 unspecified atom stereocenters. The monoisotopic (exact) mass is 402 g/mol. The van der Waals surface area contributed by atoms with E-state index in [2.05, 4.69) is 16.7 Å². The summed E-state index contributed by atoms with van der Waals surface area (Å²) in [4.78, 5) is 3.11. The molecule has 2 aromatic rings. The minimum atomic E-state index is 0.168. The highest BCUT2D eigenvalue weighted by atomic mass is 32.1. The molecule has 3 heterocycles. The summed E-state index contributed by atoms with van der Waals surface area (Å²) in [6.07, 6.45) is 3.10. The molecule has 9 heteroatoms. The second-order valence-electron chi connectivity index (χ2n) is 6.40. The molecule has 1 aliphatic rings. The summed E-state index contributed by atoms with van der Waals surface area (Å²) in [6.45, 7) is 3.15. The highest BCUT2D eigenvalue weighted by Crippen LogP contribution is 2.25. The molecule has 0 amide bonds. The molecule has 1 saturated heterocycles. The third-order valence-electron chi connectivity index (χ3n) is 4.49. The maximum Gasteiger partial charge on any atom is 0.199 e. The maximum atomic E-state index is 8.89. The summed E-state index contributed by atoms with van der Waals surface area (Å²) in [5.74, 6) is 0.853. The van der Waals surface area contributed by atoms with Gasteiger partial charge in [0.2, 0.25) is 0 Å². The molecule has 1 atom stereocenters. The minimum absolute atomic E-state index is 0.168. The van der Waals surface area contributed by atoms with E-state index in [1.54, 1.807) is 16.0 Å². The van der Waals surface area contributed by atoms with Crippen molar-refractivity contribution in [1.82, 2.24) is 19.2 Å². The molecule has 0 radical (unpaired) electrons. The number of ether oxygens (including phenoxy) is 1. The van der Waals surface area contributed by atoms with Crippen molar-refractivity contribution in [2.45, 2.75) is 45.0 Å². The Kier molecular flexibility index (Phi) is 7.13. The van der Waals surface area contributed by atoms with Crippen molar-refractivity contribution < 1.29 is 4.74 Å². The average molecular weight is 403 g/mol. The van der Waals surface area contributed by atoms with Crippen LogP contribution >= 0.6 is 23.6 Å². The second kappa shape index (κ2) is 9.77. The molecule has 2 aromatic heterocycles. The van der Waals surface area contributed by atoms with Crippen LogP contribution in [0.3, 0.4) is 0 Å². The van der Waals surface area contributed by atoms with Gasteiger partial charge in [-0.3, -0.25) is 9.47 Å². The van der Waals surface area contributed by atoms with Crippen molar-refractivity contribution in [1.29, 1.82) is 10.5 Å². The van der Waals surface area contributed by atoms with Gasteiger partial charge >= 0.3 is 0 Å². The van der Waals surface area contributed by atoms with E-state index in [0.29, 0.717) is 43.9 Å². The number of aromatic nitrogens is 3. The van der Waals surface area contributed by atoms with Gasteiger partial charge in [0.25, 0.3) is 0 Å². The summed E-state index contributed by atoms with van der Waals surface area (Å²) in [7, 11) is 0. The summed E-state index contributed by atoms with van der Waals surface area (Å²) < 4.78 is 10.3. The fourth-order valence-electron chi connectivity index (χ4n) is 3.14. The Morgan fingerprint density at radius 1 is 1.33 bits per heavy atom. The summed E-state index contributed by atoms with van der Waals surface area (Å²) in [5.41, 5.74) is 0. The van der Waals surface area contributed by atoms with E-state index in [1.807, 2.05) is 22.4 Å². The van der Waals surface area contributed by atoms with Gasteiger partial charge in [0, 0.05) is 32.5 Å². The molecular weight excluding hydrogens is 380 g/mol. The first kappa shape index (κ1) is 19.7. The van der Waals surface area contributed by atoms with Crippen molar-refractivity contribution in [2.24, 2.45) is 0 Å². The van der Waals surface area contributed by atoms with Crippen LogP contribution < -0.4 is 0 Å². The Morgan fingerprint density at radius 2 is 2.11 bits per heavy atom. The third-order valence-corrected chi connectivity index (χ3v) is 5.79. The van der Waals surface area contributed by atoms with E-state index in [-0.39, 0.29) is 6.10 Å². The standard InChI is InChI=1S/C18H22N6OS2/c19-7-3-9-22(10-4-8-20)14-24-18(26)23(13-15-5-1-11-25-15)17(21-24)16-6-2-12-27-16/h2,6,12,15H,1,3-5,9-11,13-14H2/t15-/m1/s1. The summed E-state index contributed by atoms with van der Waals surface area (Å²) >= 11 is 7.35. The molecule has 0 saturated carbocycles. The van der Waals surface area contributed by atoms with E-state index in [0.717, 1.165) is 30.2 Å². The van der Waals surface area contributed by atoms with Crippen LogP contribution in [0.15, 0.2) is 17.5 Å². The lowest BCUT2D eigenvalue weighted by atomic mass is 10.2. The number of rotatable bonds is 9. The molecule has 0 aliphatic carbocycles. The third kappa shape index (κ3) is 5.02. The van der Waals surface area contributed by atoms with Crippen LogP contribution in [0.25, 0.3) is 10.7 Å². The first-order valence-electron chi connectivity index (χ1n) is 9.02. The highest BCUT2D eigenvalue weighted by molar-refractivity contribution is 7.71. The molecular formula is C18H22N6OS2. The first-order valence-corrected chi connectivity index (χ1v) is 10.3. The quantitative estimate of drug-likeness (QED) is 0.598. The van der Waals surface area contributed by atoms with Crippen LogP contribution in [0.4, 0.5) is 0 Å². The van der Waals surface area contributed by atoms with Crippen molar-refractivity contribution >= 4 is 23.6 Å². The number of nitriles is 2. The zero-order chi connectivity index (χ0) is 19.1. The van der Waals surface area contributed by atoms with Gasteiger partial charge in [-0.15, -0.1) is 16.4 Å². The van der Waals surface area contributed by atoms with Crippen LogP contribution in [-0.2, 0) is 18.0 Å². The molecule has 27 heavy (non-hydrogen) atoms. The van der Waals surface area contributed by atoms with Crippen molar-refractivity contribution in [3.8, 4) is 22.8 Å². The largest absolute Gasteiger partial charge is 0.376 e. The SMILES string of the molecule is N#CCCN(CCC#N)Cn1nc(-c2cccs2)n(C[C@H]2CCCO2)c1=S. The van der Waals surface area contributed by atoms with E-state index < -0.39 is 0 Å². The summed E-state index contributed by atoms with van der Waals surface area (Å²) in [5, 5.41) is 24.6. The Hall–Kier alpha value is -2.04. The molecule has 0 aromatic carbocycles. The predicted molar refractivity (Wildman–Crippen MR) is 105 cm³/mol. The van der Waals surface area contributed by atoms with E-state index in [4.69, 9.17) is 32.6 Å². The Balaban J connectivity index is 1.87. The lowest BCUT2D eigenvalue weighted by molar-refractivity contribution is 0.0967. The fraction of sp³-hybridized carbons (Fsp3) is 0.556. The zero-order valence-corrected chi connectivity index (χ0v) is 16.7. The van der Waals surface area contributed by atoms with Gasteiger partial charge < -0.3 is 4.74 Å². The molecule has 0 spiro atoms. The lowest BCUT2D eigenvalue weighted by Crippen LogP contribution is -2.29. The molecule has 0 bridgehead atoms. The fourth-order valence-corrected chi connectivity index (χ4v) is 4.11. The van der Waals surface area contributed by atoms with Crippen LogP contribution in [-0.4, -0.2) is 45.0 Å². The Bertz CT molecular complexity index is 849. The lowest BCUT2D eigenvalue weighted by Gasteiger charge is -2.19. The van der Waals surface area contributed by atoms with Gasteiger partial charge in [-0.2, -0.15) is 10.5 Å². The van der Waals surface area contributed by atoms with Crippen LogP contribution in [0.1, 0.15) is 25.7 Å². The molecule has 1 fully saturated rings. The highest BCUT2D eigenvalue weighted by Gasteiger charge is 2.21. The van der Waals surface area contributed by atoms with Gasteiger partial charge in [-0.1, -0.05) is 6.07 Å². The van der Waals surface area contributed by atoms with Gasteiger partial charge in [-0.25, -0.2) is 4.68 Å². The molecule has 1 aliphatic heterocycles. The van der Waals surface area contributed by atoms with E-state index in [1.165, 1.54) is 0 Å². The van der Waals surface area contributed by atoms with Crippen molar-refractivity contribution in [3.63, 3.8) is 0 Å². The van der Waals surface area contributed by atoms with Crippen molar-refractivity contribution in [2.75, 3.05) is 19.7 Å². The van der Waals surface area contributed by atoms with Gasteiger partial charge in [0.05, 0.1) is 36.3 Å². The minimum Gasteiger partial charge on any atom is -0.376 e. The van der Waals surface area contributed by atoms with Crippen molar-refractivity contribution in [3.05, 3.63) is 22.3 Å². The molecule has 142 valence electrons. The molecule has 7 nitrogen and oxygen atoms in total. The Labute approximate surface area is 168 Å². The van der Waals surface area contributed by atoms with Gasteiger partial charge in [0.15, 0.2) is 10.6 Å². The Morgan fingerprint density at radius 3 is 2.70 bits per heavy atom. The number of nitrogens with zero attached hydrogens (tertiary/aromatic N) is 6. The van der Waals surface area contributed by atoms with Crippen LogP contribution in [0, 0.1) is 27.4 Å². The van der Waals surface area contributed by atoms with Crippen LogP contribution in [0.5, 0.6) is 0 Å².